The maximum atomic E-state index is 13.3. The smallest absolute Gasteiger partial charge is 0.335 e. The minimum absolute atomic E-state index is 0.0516. The Hall–Kier alpha value is -4.44. The van der Waals surface area contributed by atoms with Gasteiger partial charge in [0.15, 0.2) is 0 Å². The van der Waals surface area contributed by atoms with Crippen molar-refractivity contribution < 1.29 is 14.3 Å². The number of pyridine rings is 1. The molecule has 0 amide bonds. The van der Waals surface area contributed by atoms with E-state index in [9.17, 15) is 14.4 Å². The molecule has 0 saturated carbocycles. The Bertz CT molecular complexity index is 1540. The van der Waals surface area contributed by atoms with Crippen LogP contribution in [0.3, 0.4) is 0 Å². The van der Waals surface area contributed by atoms with Crippen LogP contribution in [-0.2, 0) is 22.6 Å². The summed E-state index contributed by atoms with van der Waals surface area (Å²) < 4.78 is 12.9. The van der Waals surface area contributed by atoms with Crippen molar-refractivity contribution in [2.45, 2.75) is 26.4 Å². The van der Waals surface area contributed by atoms with Gasteiger partial charge >= 0.3 is 17.3 Å². The zero-order valence-corrected chi connectivity index (χ0v) is 20.7. The molecule has 0 fully saturated rings. The zero-order valence-electron chi connectivity index (χ0n) is 20.0. The molecule has 11 heteroatoms. The van der Waals surface area contributed by atoms with Crippen LogP contribution in [0.1, 0.15) is 18.9 Å². The molecule has 0 atom stereocenters. The number of H-pyrrole nitrogens is 1. The van der Waals surface area contributed by atoms with Crippen molar-refractivity contribution in [1.29, 1.82) is 0 Å². The van der Waals surface area contributed by atoms with E-state index < -0.39 is 17.3 Å². The van der Waals surface area contributed by atoms with Gasteiger partial charge in [-0.2, -0.15) is 0 Å². The summed E-state index contributed by atoms with van der Waals surface area (Å²) in [5.41, 5.74) is 0.00620. The van der Waals surface area contributed by atoms with E-state index in [1.165, 1.54) is 4.57 Å². The van der Waals surface area contributed by atoms with E-state index in [4.69, 9.17) is 21.1 Å². The molecular formula is C26H24ClN5O5. The fourth-order valence-electron chi connectivity index (χ4n) is 3.43. The first kappa shape index (κ1) is 25.6. The Morgan fingerprint density at radius 2 is 1.78 bits per heavy atom. The van der Waals surface area contributed by atoms with Crippen LogP contribution < -0.4 is 21.7 Å². The van der Waals surface area contributed by atoms with Crippen LogP contribution in [0.2, 0.25) is 5.02 Å². The molecule has 4 aromatic rings. The van der Waals surface area contributed by atoms with E-state index in [1.54, 1.807) is 73.8 Å². The largest absolute Gasteiger partial charge is 0.466 e. The van der Waals surface area contributed by atoms with Gasteiger partial charge in [0.1, 0.15) is 5.75 Å². The molecule has 0 aliphatic rings. The fraction of sp³-hybridized carbons (Fsp3) is 0.192. The summed E-state index contributed by atoms with van der Waals surface area (Å²) in [7, 11) is 0. The first-order chi connectivity index (χ1) is 17.9. The van der Waals surface area contributed by atoms with Crippen LogP contribution in [-0.4, -0.2) is 31.7 Å². The average Bonchev–Trinajstić information content (AvgIpc) is 2.89. The molecule has 190 valence electrons. The lowest BCUT2D eigenvalue weighted by Crippen LogP contribution is -2.50. The Morgan fingerprint density at radius 3 is 2.46 bits per heavy atom. The number of rotatable bonds is 9. The topological polar surface area (TPSA) is 121 Å². The normalized spacial score (nSPS) is 11.4. The molecule has 4 rings (SSSR count). The lowest BCUT2D eigenvalue weighted by Gasteiger charge is -2.11. The van der Waals surface area contributed by atoms with Crippen molar-refractivity contribution in [3.8, 4) is 11.6 Å². The van der Waals surface area contributed by atoms with E-state index in [2.05, 4.69) is 15.0 Å². The van der Waals surface area contributed by atoms with Crippen LogP contribution in [0.15, 0.2) is 87.5 Å². The highest BCUT2D eigenvalue weighted by molar-refractivity contribution is 6.30. The predicted molar refractivity (Wildman–Crippen MR) is 137 cm³/mol. The Morgan fingerprint density at radius 1 is 1.03 bits per heavy atom. The summed E-state index contributed by atoms with van der Waals surface area (Å²) >= 11 is 5.99. The molecule has 1 N–H and O–H groups in total. The summed E-state index contributed by atoms with van der Waals surface area (Å²) in [6, 6.07) is 19.1. The summed E-state index contributed by atoms with van der Waals surface area (Å²) in [5.74, 6) is 0.498. The predicted octanol–water partition coefficient (Wildman–Crippen LogP) is 3.41. The maximum absolute atomic E-state index is 13.3. The second-order valence-electron chi connectivity index (χ2n) is 7.83. The number of hydrogen-bond donors (Lipinski definition) is 1. The molecule has 0 aliphatic carbocycles. The highest BCUT2D eigenvalue weighted by Gasteiger charge is 2.12. The van der Waals surface area contributed by atoms with Gasteiger partial charge in [-0.05, 0) is 55.0 Å². The third-order valence-electron chi connectivity index (χ3n) is 5.21. The van der Waals surface area contributed by atoms with E-state index in [0.29, 0.717) is 22.3 Å². The molecule has 37 heavy (non-hydrogen) atoms. The minimum atomic E-state index is -0.685. The van der Waals surface area contributed by atoms with E-state index in [-0.39, 0.29) is 31.7 Å². The van der Waals surface area contributed by atoms with Crippen molar-refractivity contribution in [3.05, 3.63) is 110 Å². The van der Waals surface area contributed by atoms with Gasteiger partial charge in [-0.15, -0.1) is 0 Å². The van der Waals surface area contributed by atoms with Gasteiger partial charge in [0.25, 0.3) is 0 Å². The number of carbonyl (C=O) groups is 1. The van der Waals surface area contributed by atoms with Crippen LogP contribution in [0, 0.1) is 0 Å². The van der Waals surface area contributed by atoms with Crippen LogP contribution in [0.5, 0.6) is 11.6 Å². The molecule has 0 saturated heterocycles. The number of aromatic amines is 1. The maximum Gasteiger partial charge on any atom is 0.335 e. The molecule has 2 heterocycles. The number of hydrogen-bond acceptors (Lipinski definition) is 7. The molecule has 0 unspecified atom stereocenters. The fourth-order valence-corrected chi connectivity index (χ4v) is 3.56. The van der Waals surface area contributed by atoms with Crippen molar-refractivity contribution in [3.63, 3.8) is 0 Å². The van der Waals surface area contributed by atoms with Crippen molar-refractivity contribution in [2.24, 2.45) is 4.99 Å². The molecular weight excluding hydrogens is 498 g/mol. The van der Waals surface area contributed by atoms with Gasteiger partial charge in [0.2, 0.25) is 11.5 Å². The van der Waals surface area contributed by atoms with Gasteiger partial charge in [0.05, 0.1) is 25.3 Å². The molecule has 0 spiro atoms. The first-order valence-corrected chi connectivity index (χ1v) is 11.9. The Balaban J connectivity index is 1.70. The molecule has 10 nitrogen and oxygen atoms in total. The second-order valence-corrected chi connectivity index (χ2v) is 8.27. The van der Waals surface area contributed by atoms with Crippen molar-refractivity contribution in [2.75, 3.05) is 6.61 Å². The number of nitrogens with zero attached hydrogens (tertiary/aromatic N) is 4. The minimum Gasteiger partial charge on any atom is -0.466 e. The van der Waals surface area contributed by atoms with Crippen LogP contribution in [0.25, 0.3) is 0 Å². The summed E-state index contributed by atoms with van der Waals surface area (Å²) in [5, 5.41) is 0.556. The number of carbonyl (C=O) groups excluding carboxylic acids is 1. The molecule has 2 aromatic heterocycles. The second kappa shape index (κ2) is 12.0. The summed E-state index contributed by atoms with van der Waals surface area (Å²) in [4.78, 5) is 49.2. The van der Waals surface area contributed by atoms with Gasteiger partial charge in [-0.3, -0.25) is 14.3 Å². The lowest BCUT2D eigenvalue weighted by atomic mass is 10.2. The lowest BCUT2D eigenvalue weighted by molar-refractivity contribution is -0.143. The van der Waals surface area contributed by atoms with Gasteiger partial charge in [-0.1, -0.05) is 29.8 Å². The number of halogens is 1. The third-order valence-corrected chi connectivity index (χ3v) is 5.46. The van der Waals surface area contributed by atoms with E-state index in [1.807, 2.05) is 6.07 Å². The standard InChI is InChI=1S/C26H24ClN5O5/c1-2-36-23(33)14-16-31-25(34)30-24(32(26(31)35)17-18-6-8-19(27)9-7-18)29-20-10-12-21(13-11-20)37-22-5-3-4-15-28-22/h3-13,15H,2,14,16-17H2,1H3,(H,29,30,34). The number of aromatic nitrogens is 4. The van der Waals surface area contributed by atoms with Gasteiger partial charge < -0.3 is 9.47 Å². The third kappa shape index (κ3) is 6.83. The van der Waals surface area contributed by atoms with Gasteiger partial charge in [0, 0.05) is 23.8 Å². The molecule has 0 bridgehead atoms. The molecule has 0 aliphatic heterocycles. The average molecular weight is 522 g/mol. The number of benzene rings is 2. The monoisotopic (exact) mass is 521 g/mol. The Labute approximate surface area is 216 Å². The van der Waals surface area contributed by atoms with Crippen molar-refractivity contribution >= 4 is 23.3 Å². The Kier molecular flexibility index (Phi) is 8.32. The number of ether oxygens (including phenoxy) is 2. The van der Waals surface area contributed by atoms with E-state index in [0.717, 1.165) is 10.1 Å². The van der Waals surface area contributed by atoms with E-state index >= 15 is 0 Å². The number of nitrogens with one attached hydrogen (secondary N) is 1. The molecule has 0 radical (unpaired) electrons. The number of esters is 1. The van der Waals surface area contributed by atoms with Gasteiger partial charge in [-0.25, -0.2) is 24.1 Å². The first-order valence-electron chi connectivity index (χ1n) is 11.5. The van der Waals surface area contributed by atoms with Crippen molar-refractivity contribution in [1.82, 2.24) is 19.1 Å². The highest BCUT2D eigenvalue weighted by Crippen LogP contribution is 2.22. The summed E-state index contributed by atoms with van der Waals surface area (Å²) in [6.45, 7) is 1.88. The zero-order chi connectivity index (χ0) is 26.2. The van der Waals surface area contributed by atoms with Crippen LogP contribution >= 0.6 is 11.6 Å². The quantitative estimate of drug-likeness (QED) is 0.337. The summed E-state index contributed by atoms with van der Waals surface area (Å²) in [6.07, 6.45) is 1.51. The highest BCUT2D eigenvalue weighted by atomic mass is 35.5. The molecule has 2 aromatic carbocycles. The van der Waals surface area contributed by atoms with Crippen LogP contribution in [0.4, 0.5) is 5.69 Å². The SMILES string of the molecule is CCOC(=O)CCn1c(=O)[nH]/c(=N\c2ccc(Oc3ccccn3)cc2)n(Cc2ccc(Cl)cc2)c1=O.